The average Bonchev–Trinajstić information content (AvgIpc) is 2.64. The van der Waals surface area contributed by atoms with E-state index in [1.54, 1.807) is 50.4 Å². The number of nitrogens with one attached hydrogen (secondary N) is 3. The molecular formula is C19H23N3O4. The lowest BCUT2D eigenvalue weighted by Gasteiger charge is -2.17. The van der Waals surface area contributed by atoms with E-state index in [0.29, 0.717) is 17.1 Å². The van der Waals surface area contributed by atoms with E-state index >= 15 is 0 Å². The number of rotatable bonds is 8. The molecule has 0 aromatic heterocycles. The first-order valence-electron chi connectivity index (χ1n) is 8.12. The van der Waals surface area contributed by atoms with Crippen LogP contribution in [0.4, 0.5) is 17.1 Å². The van der Waals surface area contributed by atoms with Gasteiger partial charge in [0.15, 0.2) is 0 Å². The molecule has 2 aromatic carbocycles. The van der Waals surface area contributed by atoms with Crippen molar-refractivity contribution in [3.63, 3.8) is 0 Å². The molecule has 0 saturated carbocycles. The molecule has 0 spiro atoms. The molecule has 0 heterocycles. The fourth-order valence-corrected chi connectivity index (χ4v) is 2.28. The first kappa shape index (κ1) is 19.3. The molecule has 0 aliphatic heterocycles. The number of methoxy groups -OCH3 is 2. The molecule has 2 rings (SSSR count). The van der Waals surface area contributed by atoms with Crippen molar-refractivity contribution < 1.29 is 19.1 Å². The van der Waals surface area contributed by atoms with Gasteiger partial charge >= 0.3 is 0 Å². The van der Waals surface area contributed by atoms with Crippen molar-refractivity contribution in [3.8, 4) is 5.75 Å². The molecule has 3 N–H and O–H groups in total. The molecule has 0 aliphatic rings. The van der Waals surface area contributed by atoms with Gasteiger partial charge in [-0.2, -0.15) is 0 Å². The van der Waals surface area contributed by atoms with E-state index in [2.05, 4.69) is 16.0 Å². The minimum Gasteiger partial charge on any atom is -0.495 e. The van der Waals surface area contributed by atoms with Crippen LogP contribution in [0.3, 0.4) is 0 Å². The lowest BCUT2D eigenvalue weighted by atomic mass is 10.2. The van der Waals surface area contributed by atoms with Crippen LogP contribution in [0.15, 0.2) is 48.5 Å². The zero-order valence-electron chi connectivity index (χ0n) is 15.0. The molecule has 0 saturated heterocycles. The van der Waals surface area contributed by atoms with E-state index in [0.717, 1.165) is 5.69 Å². The molecular weight excluding hydrogens is 334 g/mol. The lowest BCUT2D eigenvalue weighted by molar-refractivity contribution is -0.119. The molecule has 0 aliphatic carbocycles. The summed E-state index contributed by atoms with van der Waals surface area (Å²) in [5, 5.41) is 8.66. The highest BCUT2D eigenvalue weighted by atomic mass is 16.5. The van der Waals surface area contributed by atoms with Crippen molar-refractivity contribution in [3.05, 3.63) is 48.5 Å². The Morgan fingerprint density at radius 3 is 2.27 bits per heavy atom. The normalized spacial score (nSPS) is 11.3. The summed E-state index contributed by atoms with van der Waals surface area (Å²) < 4.78 is 9.99. The molecule has 2 amide bonds. The van der Waals surface area contributed by atoms with E-state index in [1.807, 2.05) is 12.1 Å². The third kappa shape index (κ3) is 5.49. The quantitative estimate of drug-likeness (QED) is 0.676. The van der Waals surface area contributed by atoms with Gasteiger partial charge in [0.25, 0.3) is 0 Å². The number of anilines is 3. The Hall–Kier alpha value is -3.06. The number of hydrogen-bond donors (Lipinski definition) is 3. The number of hydrogen-bond acceptors (Lipinski definition) is 5. The average molecular weight is 357 g/mol. The number of carbonyl (C=O) groups excluding carboxylic acids is 2. The molecule has 7 heteroatoms. The third-order valence-electron chi connectivity index (χ3n) is 3.59. The van der Waals surface area contributed by atoms with Gasteiger partial charge in [0.2, 0.25) is 11.8 Å². The fraction of sp³-hybridized carbons (Fsp3) is 0.263. The molecule has 2 aromatic rings. The van der Waals surface area contributed by atoms with Gasteiger partial charge in [0.1, 0.15) is 18.4 Å². The highest BCUT2D eigenvalue weighted by molar-refractivity contribution is 5.97. The Labute approximate surface area is 152 Å². The minimum atomic E-state index is -0.464. The summed E-state index contributed by atoms with van der Waals surface area (Å²) in [6, 6.07) is 13.8. The summed E-state index contributed by atoms with van der Waals surface area (Å²) in [4.78, 5) is 23.8. The van der Waals surface area contributed by atoms with Crippen molar-refractivity contribution >= 4 is 28.9 Å². The van der Waals surface area contributed by atoms with Gasteiger partial charge in [-0.3, -0.25) is 9.59 Å². The molecule has 26 heavy (non-hydrogen) atoms. The second kappa shape index (κ2) is 9.43. The second-order valence-corrected chi connectivity index (χ2v) is 5.61. The maximum absolute atomic E-state index is 12.4. The summed E-state index contributed by atoms with van der Waals surface area (Å²) in [6.07, 6.45) is 0. The van der Waals surface area contributed by atoms with E-state index in [4.69, 9.17) is 9.47 Å². The van der Waals surface area contributed by atoms with Gasteiger partial charge in [-0.05, 0) is 43.3 Å². The largest absolute Gasteiger partial charge is 0.495 e. The minimum absolute atomic E-state index is 0.000154. The van der Waals surface area contributed by atoms with Crippen molar-refractivity contribution in [2.75, 3.05) is 36.8 Å². The first-order valence-corrected chi connectivity index (χ1v) is 8.12. The van der Waals surface area contributed by atoms with Gasteiger partial charge in [0.05, 0.1) is 12.8 Å². The van der Waals surface area contributed by atoms with Crippen LogP contribution in [0.1, 0.15) is 6.92 Å². The predicted molar refractivity (Wildman–Crippen MR) is 102 cm³/mol. The van der Waals surface area contributed by atoms with E-state index in [1.165, 1.54) is 7.11 Å². The van der Waals surface area contributed by atoms with Crippen molar-refractivity contribution in [2.45, 2.75) is 13.0 Å². The molecule has 0 fully saturated rings. The van der Waals surface area contributed by atoms with Crippen LogP contribution in [0.2, 0.25) is 0 Å². The van der Waals surface area contributed by atoms with Crippen LogP contribution >= 0.6 is 0 Å². The molecule has 1 unspecified atom stereocenters. The molecule has 7 nitrogen and oxygen atoms in total. The summed E-state index contributed by atoms with van der Waals surface area (Å²) in [6.45, 7) is 1.76. The Kier molecular flexibility index (Phi) is 6.99. The van der Waals surface area contributed by atoms with Crippen molar-refractivity contribution in [1.82, 2.24) is 0 Å². The summed E-state index contributed by atoms with van der Waals surface area (Å²) >= 11 is 0. The monoisotopic (exact) mass is 357 g/mol. The Morgan fingerprint density at radius 1 is 0.962 bits per heavy atom. The molecule has 1 atom stereocenters. The standard InChI is InChI=1S/C19H23N3O4/c1-13(19(24)22-16-6-4-5-7-17(16)26-3)20-14-8-10-15(11-9-14)21-18(23)12-25-2/h4-11,13,20H,12H2,1-3H3,(H,21,23)(H,22,24). The van der Waals surface area contributed by atoms with Crippen LogP contribution in [0, 0.1) is 0 Å². The van der Waals surface area contributed by atoms with Crippen LogP contribution in [-0.4, -0.2) is 38.7 Å². The van der Waals surface area contributed by atoms with Crippen LogP contribution in [-0.2, 0) is 14.3 Å². The fourth-order valence-electron chi connectivity index (χ4n) is 2.28. The number of benzene rings is 2. The van der Waals surface area contributed by atoms with Crippen molar-refractivity contribution in [1.29, 1.82) is 0 Å². The van der Waals surface area contributed by atoms with E-state index in [9.17, 15) is 9.59 Å². The maximum Gasteiger partial charge on any atom is 0.250 e. The van der Waals surface area contributed by atoms with Gasteiger partial charge in [0, 0.05) is 18.5 Å². The van der Waals surface area contributed by atoms with Gasteiger partial charge in [-0.15, -0.1) is 0 Å². The lowest BCUT2D eigenvalue weighted by Crippen LogP contribution is -2.32. The zero-order chi connectivity index (χ0) is 18.9. The second-order valence-electron chi connectivity index (χ2n) is 5.61. The highest BCUT2D eigenvalue weighted by Gasteiger charge is 2.14. The van der Waals surface area contributed by atoms with Gasteiger partial charge in [-0.1, -0.05) is 12.1 Å². The molecule has 0 radical (unpaired) electrons. The van der Waals surface area contributed by atoms with E-state index < -0.39 is 6.04 Å². The topological polar surface area (TPSA) is 88.7 Å². The Bertz CT molecular complexity index is 747. The summed E-state index contributed by atoms with van der Waals surface area (Å²) in [7, 11) is 3.02. The highest BCUT2D eigenvalue weighted by Crippen LogP contribution is 2.23. The van der Waals surface area contributed by atoms with Gasteiger partial charge < -0.3 is 25.4 Å². The Balaban J connectivity index is 1.93. The molecule has 138 valence electrons. The predicted octanol–water partition coefficient (Wildman–Crippen LogP) is 2.72. The van der Waals surface area contributed by atoms with Crippen LogP contribution in [0.25, 0.3) is 0 Å². The number of amides is 2. The van der Waals surface area contributed by atoms with Crippen LogP contribution in [0.5, 0.6) is 5.75 Å². The smallest absolute Gasteiger partial charge is 0.250 e. The number of para-hydroxylation sites is 2. The van der Waals surface area contributed by atoms with Gasteiger partial charge in [-0.25, -0.2) is 0 Å². The van der Waals surface area contributed by atoms with Crippen LogP contribution < -0.4 is 20.7 Å². The summed E-state index contributed by atoms with van der Waals surface area (Å²) in [5.74, 6) is 0.189. The maximum atomic E-state index is 12.4. The SMILES string of the molecule is COCC(=O)Nc1ccc(NC(C)C(=O)Nc2ccccc2OC)cc1. The number of carbonyl (C=O) groups is 2. The summed E-state index contributed by atoms with van der Waals surface area (Å²) in [5.41, 5.74) is 2.03. The number of ether oxygens (including phenoxy) is 2. The van der Waals surface area contributed by atoms with Crippen molar-refractivity contribution in [2.24, 2.45) is 0 Å². The Morgan fingerprint density at radius 2 is 1.62 bits per heavy atom. The molecule has 0 bridgehead atoms. The third-order valence-corrected chi connectivity index (χ3v) is 3.59. The van der Waals surface area contributed by atoms with E-state index in [-0.39, 0.29) is 18.4 Å². The zero-order valence-corrected chi connectivity index (χ0v) is 15.0. The first-order chi connectivity index (χ1) is 12.5.